The normalized spacial score (nSPS) is 23.6. The molecule has 0 aromatic heterocycles. The molecule has 1 aliphatic rings. The van der Waals surface area contributed by atoms with Gasteiger partial charge in [-0.2, -0.15) is 0 Å². The van der Waals surface area contributed by atoms with E-state index in [9.17, 15) is 0 Å². The third-order valence-electron chi connectivity index (χ3n) is 3.51. The summed E-state index contributed by atoms with van der Waals surface area (Å²) in [5.41, 5.74) is 6.82. The average Bonchev–Trinajstić information content (AvgIpc) is 2.42. The lowest BCUT2D eigenvalue weighted by molar-refractivity contribution is 0.207. The smallest absolute Gasteiger partial charge is 0.00333 e. The first-order valence-electron chi connectivity index (χ1n) is 6.64. The molecule has 1 heterocycles. The molecule has 0 spiro atoms. The fourth-order valence-electron chi connectivity index (χ4n) is 2.83. The minimum atomic E-state index is 0.402. The minimum Gasteiger partial charge on any atom is -0.330 e. The van der Waals surface area contributed by atoms with E-state index in [4.69, 9.17) is 5.73 Å². The SMILES string of the molecule is CC(C)(C)CC(CN)CN1CCC(C)(C)C1. The van der Waals surface area contributed by atoms with Gasteiger partial charge in [0, 0.05) is 13.1 Å². The van der Waals surface area contributed by atoms with Crippen molar-refractivity contribution in [3.05, 3.63) is 0 Å². The van der Waals surface area contributed by atoms with E-state index in [0.717, 1.165) is 6.54 Å². The number of nitrogens with zero attached hydrogens (tertiary/aromatic N) is 1. The van der Waals surface area contributed by atoms with E-state index in [-0.39, 0.29) is 0 Å². The molecule has 1 saturated heterocycles. The van der Waals surface area contributed by atoms with Crippen molar-refractivity contribution in [1.29, 1.82) is 0 Å². The van der Waals surface area contributed by atoms with Crippen molar-refractivity contribution >= 4 is 0 Å². The number of likely N-dealkylation sites (tertiary alicyclic amines) is 1. The summed E-state index contributed by atoms with van der Waals surface area (Å²) in [6, 6.07) is 0. The zero-order valence-electron chi connectivity index (χ0n) is 11.8. The molecule has 16 heavy (non-hydrogen) atoms. The largest absolute Gasteiger partial charge is 0.330 e. The molecule has 1 unspecified atom stereocenters. The molecule has 1 atom stereocenters. The van der Waals surface area contributed by atoms with Gasteiger partial charge in [0.15, 0.2) is 0 Å². The summed E-state index contributed by atoms with van der Waals surface area (Å²) in [6.45, 7) is 16.2. The van der Waals surface area contributed by atoms with Crippen molar-refractivity contribution in [2.24, 2.45) is 22.5 Å². The Morgan fingerprint density at radius 3 is 2.31 bits per heavy atom. The summed E-state index contributed by atoms with van der Waals surface area (Å²) < 4.78 is 0. The van der Waals surface area contributed by atoms with Crippen molar-refractivity contribution in [3.63, 3.8) is 0 Å². The lowest BCUT2D eigenvalue weighted by Crippen LogP contribution is -2.34. The van der Waals surface area contributed by atoms with Gasteiger partial charge in [-0.05, 0) is 42.7 Å². The lowest BCUT2D eigenvalue weighted by Gasteiger charge is -2.29. The predicted molar refractivity (Wildman–Crippen MR) is 71.5 cm³/mol. The van der Waals surface area contributed by atoms with Crippen molar-refractivity contribution in [2.75, 3.05) is 26.2 Å². The Kier molecular flexibility index (Phi) is 4.42. The molecule has 2 heteroatoms. The molecule has 0 aromatic rings. The van der Waals surface area contributed by atoms with E-state index in [1.54, 1.807) is 0 Å². The number of hydrogen-bond acceptors (Lipinski definition) is 2. The predicted octanol–water partition coefficient (Wildman–Crippen LogP) is 2.73. The van der Waals surface area contributed by atoms with E-state index >= 15 is 0 Å². The standard InChI is InChI=1S/C14H30N2/c1-13(2,3)8-12(9-15)10-16-7-6-14(4,5)11-16/h12H,6-11,15H2,1-5H3. The van der Waals surface area contributed by atoms with E-state index in [2.05, 4.69) is 39.5 Å². The van der Waals surface area contributed by atoms with E-state index in [0.29, 0.717) is 16.7 Å². The maximum Gasteiger partial charge on any atom is 0.00333 e. The molecule has 0 saturated carbocycles. The van der Waals surface area contributed by atoms with Gasteiger partial charge in [0.05, 0.1) is 0 Å². The fourth-order valence-corrected chi connectivity index (χ4v) is 2.83. The molecule has 96 valence electrons. The van der Waals surface area contributed by atoms with Crippen LogP contribution in [0, 0.1) is 16.7 Å². The van der Waals surface area contributed by atoms with Crippen LogP contribution in [0.3, 0.4) is 0 Å². The van der Waals surface area contributed by atoms with Gasteiger partial charge in [0.2, 0.25) is 0 Å². The zero-order valence-corrected chi connectivity index (χ0v) is 11.8. The maximum absolute atomic E-state index is 5.90. The van der Waals surface area contributed by atoms with Gasteiger partial charge in [-0.25, -0.2) is 0 Å². The Balaban J connectivity index is 2.40. The molecule has 2 nitrogen and oxygen atoms in total. The summed E-state index contributed by atoms with van der Waals surface area (Å²) in [6.07, 6.45) is 2.57. The van der Waals surface area contributed by atoms with Crippen LogP contribution in [0.5, 0.6) is 0 Å². The van der Waals surface area contributed by atoms with Crippen LogP contribution < -0.4 is 5.73 Å². The fraction of sp³-hybridized carbons (Fsp3) is 1.00. The Morgan fingerprint density at radius 1 is 1.31 bits per heavy atom. The van der Waals surface area contributed by atoms with Crippen LogP contribution in [-0.4, -0.2) is 31.1 Å². The second-order valence-corrected chi connectivity index (χ2v) is 7.52. The molecule has 0 amide bonds. The molecular formula is C14H30N2. The van der Waals surface area contributed by atoms with Crippen molar-refractivity contribution in [3.8, 4) is 0 Å². The molecular weight excluding hydrogens is 196 g/mol. The van der Waals surface area contributed by atoms with Gasteiger partial charge in [-0.3, -0.25) is 0 Å². The summed E-state index contributed by atoms with van der Waals surface area (Å²) in [5, 5.41) is 0. The van der Waals surface area contributed by atoms with Crippen molar-refractivity contribution < 1.29 is 0 Å². The summed E-state index contributed by atoms with van der Waals surface area (Å²) >= 11 is 0. The summed E-state index contributed by atoms with van der Waals surface area (Å²) in [7, 11) is 0. The van der Waals surface area contributed by atoms with Gasteiger partial charge in [-0.1, -0.05) is 34.6 Å². The topological polar surface area (TPSA) is 29.3 Å². The van der Waals surface area contributed by atoms with Crippen LogP contribution >= 0.6 is 0 Å². The van der Waals surface area contributed by atoms with Gasteiger partial charge in [0.25, 0.3) is 0 Å². The quantitative estimate of drug-likeness (QED) is 0.798. The number of nitrogens with two attached hydrogens (primary N) is 1. The van der Waals surface area contributed by atoms with Crippen LogP contribution in [-0.2, 0) is 0 Å². The Hall–Kier alpha value is -0.0800. The first-order chi connectivity index (χ1) is 7.22. The molecule has 0 aromatic carbocycles. The molecule has 2 N–H and O–H groups in total. The number of rotatable bonds is 4. The highest BCUT2D eigenvalue weighted by molar-refractivity contribution is 4.84. The molecule has 1 rings (SSSR count). The molecule has 0 radical (unpaired) electrons. The second-order valence-electron chi connectivity index (χ2n) is 7.52. The van der Waals surface area contributed by atoms with E-state index in [1.165, 1.54) is 32.5 Å². The Morgan fingerprint density at radius 2 is 1.94 bits per heavy atom. The third-order valence-corrected chi connectivity index (χ3v) is 3.51. The summed E-state index contributed by atoms with van der Waals surface area (Å²) in [5.74, 6) is 0.661. The zero-order chi connectivity index (χ0) is 12.4. The van der Waals surface area contributed by atoms with Crippen LogP contribution in [0.25, 0.3) is 0 Å². The first-order valence-corrected chi connectivity index (χ1v) is 6.64. The van der Waals surface area contributed by atoms with Gasteiger partial charge in [-0.15, -0.1) is 0 Å². The van der Waals surface area contributed by atoms with E-state index in [1.807, 2.05) is 0 Å². The highest BCUT2D eigenvalue weighted by Crippen LogP contribution is 2.31. The second kappa shape index (κ2) is 5.05. The Labute approximate surface area is 102 Å². The highest BCUT2D eigenvalue weighted by Gasteiger charge is 2.30. The van der Waals surface area contributed by atoms with Crippen LogP contribution in [0.4, 0.5) is 0 Å². The van der Waals surface area contributed by atoms with Crippen LogP contribution in [0.15, 0.2) is 0 Å². The van der Waals surface area contributed by atoms with E-state index < -0.39 is 0 Å². The third kappa shape index (κ3) is 4.84. The van der Waals surface area contributed by atoms with Gasteiger partial charge < -0.3 is 10.6 Å². The van der Waals surface area contributed by atoms with Crippen molar-refractivity contribution in [1.82, 2.24) is 4.90 Å². The van der Waals surface area contributed by atoms with Crippen molar-refractivity contribution in [2.45, 2.75) is 47.5 Å². The maximum atomic E-state index is 5.90. The molecule has 1 aliphatic heterocycles. The summed E-state index contributed by atoms with van der Waals surface area (Å²) in [4.78, 5) is 2.60. The average molecular weight is 226 g/mol. The van der Waals surface area contributed by atoms with Crippen LogP contribution in [0.1, 0.15) is 47.5 Å². The number of hydrogen-bond donors (Lipinski definition) is 1. The van der Waals surface area contributed by atoms with Crippen LogP contribution in [0.2, 0.25) is 0 Å². The van der Waals surface area contributed by atoms with Gasteiger partial charge >= 0.3 is 0 Å². The minimum absolute atomic E-state index is 0.402. The highest BCUT2D eigenvalue weighted by atomic mass is 15.2. The Bertz CT molecular complexity index is 215. The molecule has 0 aliphatic carbocycles. The molecule has 1 fully saturated rings. The molecule has 0 bridgehead atoms. The van der Waals surface area contributed by atoms with Gasteiger partial charge in [0.1, 0.15) is 0 Å². The lowest BCUT2D eigenvalue weighted by atomic mass is 9.84. The first kappa shape index (κ1) is 14.0. The monoisotopic (exact) mass is 226 g/mol.